The van der Waals surface area contributed by atoms with Crippen LogP contribution in [0, 0.1) is 5.92 Å². The van der Waals surface area contributed by atoms with E-state index in [1.54, 1.807) is 0 Å². The van der Waals surface area contributed by atoms with Crippen LogP contribution in [-0.2, 0) is 0 Å². The Kier molecular flexibility index (Phi) is 1.89. The highest BCUT2D eigenvalue weighted by molar-refractivity contribution is 7.99. The molecule has 2 rings (SSSR count). The minimum atomic E-state index is 0.797. The molecule has 2 nitrogen and oxygen atoms in total. The molecule has 0 radical (unpaired) electrons. The number of fused-ring (bicyclic) bond motifs is 1. The molecule has 2 saturated heterocycles. The van der Waals surface area contributed by atoms with Crippen LogP contribution < -0.4 is 5.73 Å². The summed E-state index contributed by atoms with van der Waals surface area (Å²) in [6, 6.07) is 0.874. The predicted octanol–water partition coefficient (Wildman–Crippen LogP) is 0.340. The molecule has 0 aromatic carbocycles. The van der Waals surface area contributed by atoms with Crippen LogP contribution in [0.1, 0.15) is 6.42 Å². The van der Waals surface area contributed by atoms with Crippen molar-refractivity contribution in [3.63, 3.8) is 0 Å². The average molecular weight is 158 g/mol. The van der Waals surface area contributed by atoms with E-state index in [0.29, 0.717) is 0 Å². The minimum Gasteiger partial charge on any atom is -0.330 e. The van der Waals surface area contributed by atoms with Crippen LogP contribution in [0.3, 0.4) is 0 Å². The second kappa shape index (κ2) is 2.72. The molecule has 58 valence electrons. The molecule has 2 heterocycles. The van der Waals surface area contributed by atoms with Crippen LogP contribution in [0.15, 0.2) is 0 Å². The van der Waals surface area contributed by atoms with Crippen LogP contribution in [0.2, 0.25) is 0 Å². The molecule has 0 saturated carbocycles. The summed E-state index contributed by atoms with van der Waals surface area (Å²) in [5.41, 5.74) is 5.60. The summed E-state index contributed by atoms with van der Waals surface area (Å²) in [7, 11) is 0. The average Bonchev–Trinajstić information content (AvgIpc) is 2.42. The third-order valence-corrected chi connectivity index (χ3v) is 3.65. The zero-order valence-corrected chi connectivity index (χ0v) is 6.94. The molecule has 2 atom stereocenters. The van der Waals surface area contributed by atoms with Crippen LogP contribution >= 0.6 is 11.8 Å². The molecule has 0 amide bonds. The van der Waals surface area contributed by atoms with Gasteiger partial charge in [-0.25, -0.2) is 0 Å². The van der Waals surface area contributed by atoms with Gasteiger partial charge in [0.15, 0.2) is 0 Å². The summed E-state index contributed by atoms with van der Waals surface area (Å²) in [5, 5.41) is 0. The van der Waals surface area contributed by atoms with E-state index in [2.05, 4.69) is 16.7 Å². The Morgan fingerprint density at radius 1 is 1.60 bits per heavy atom. The number of thioether (sulfide) groups is 1. The molecule has 0 aliphatic carbocycles. The third-order valence-electron chi connectivity index (χ3n) is 2.52. The highest BCUT2D eigenvalue weighted by Gasteiger charge is 2.34. The Morgan fingerprint density at radius 2 is 2.50 bits per heavy atom. The molecule has 2 aliphatic heterocycles. The van der Waals surface area contributed by atoms with Gasteiger partial charge >= 0.3 is 0 Å². The summed E-state index contributed by atoms with van der Waals surface area (Å²) >= 11 is 2.06. The zero-order valence-electron chi connectivity index (χ0n) is 6.12. The fraction of sp³-hybridized carbons (Fsp3) is 1.00. The van der Waals surface area contributed by atoms with Gasteiger partial charge in [0, 0.05) is 24.2 Å². The largest absolute Gasteiger partial charge is 0.330 e. The molecule has 0 bridgehead atoms. The molecule has 2 N–H and O–H groups in total. The van der Waals surface area contributed by atoms with Crippen molar-refractivity contribution in [2.24, 2.45) is 11.7 Å². The fourth-order valence-electron chi connectivity index (χ4n) is 1.90. The first-order valence-corrected chi connectivity index (χ1v) is 5.07. The van der Waals surface area contributed by atoms with E-state index in [4.69, 9.17) is 5.73 Å². The Hall–Kier alpha value is 0.270. The number of rotatable bonds is 1. The first kappa shape index (κ1) is 6.95. The third kappa shape index (κ3) is 1.06. The lowest BCUT2D eigenvalue weighted by Crippen LogP contribution is -2.24. The lowest BCUT2D eigenvalue weighted by Gasteiger charge is -2.11. The maximum atomic E-state index is 5.60. The Bertz CT molecular complexity index is 117. The van der Waals surface area contributed by atoms with Gasteiger partial charge in [-0.15, -0.1) is 11.8 Å². The van der Waals surface area contributed by atoms with E-state index in [1.807, 2.05) is 0 Å². The van der Waals surface area contributed by atoms with Crippen molar-refractivity contribution in [2.75, 3.05) is 24.7 Å². The fourth-order valence-corrected chi connectivity index (χ4v) is 3.17. The van der Waals surface area contributed by atoms with Crippen molar-refractivity contribution < 1.29 is 0 Å². The van der Waals surface area contributed by atoms with Gasteiger partial charge in [-0.2, -0.15) is 0 Å². The molecule has 0 aromatic heterocycles. The van der Waals surface area contributed by atoms with Crippen molar-refractivity contribution in [3.8, 4) is 0 Å². The van der Waals surface area contributed by atoms with Crippen LogP contribution in [0.4, 0.5) is 0 Å². The van der Waals surface area contributed by atoms with Crippen molar-refractivity contribution >= 4 is 11.8 Å². The number of nitrogens with zero attached hydrogens (tertiary/aromatic N) is 1. The zero-order chi connectivity index (χ0) is 6.97. The molecular weight excluding hydrogens is 144 g/mol. The highest BCUT2D eigenvalue weighted by atomic mass is 32.2. The number of hydrogen-bond acceptors (Lipinski definition) is 3. The smallest absolute Gasteiger partial charge is 0.0448 e. The van der Waals surface area contributed by atoms with E-state index >= 15 is 0 Å². The maximum absolute atomic E-state index is 5.60. The van der Waals surface area contributed by atoms with Gasteiger partial charge in [0.1, 0.15) is 0 Å². The molecule has 10 heavy (non-hydrogen) atoms. The topological polar surface area (TPSA) is 29.3 Å². The lowest BCUT2D eigenvalue weighted by atomic mass is 10.1. The second-order valence-corrected chi connectivity index (χ2v) is 4.26. The van der Waals surface area contributed by atoms with E-state index < -0.39 is 0 Å². The first-order valence-electron chi connectivity index (χ1n) is 3.92. The van der Waals surface area contributed by atoms with E-state index in [1.165, 1.54) is 24.6 Å². The Morgan fingerprint density at radius 3 is 3.20 bits per heavy atom. The van der Waals surface area contributed by atoms with Gasteiger partial charge in [-0.1, -0.05) is 0 Å². The summed E-state index contributed by atoms with van der Waals surface area (Å²) in [5.74, 6) is 3.39. The van der Waals surface area contributed by atoms with Gasteiger partial charge < -0.3 is 5.73 Å². The van der Waals surface area contributed by atoms with Crippen LogP contribution in [0.5, 0.6) is 0 Å². The quantitative estimate of drug-likeness (QED) is 0.596. The maximum Gasteiger partial charge on any atom is 0.0448 e. The normalized spacial score (nSPS) is 40.5. The van der Waals surface area contributed by atoms with Crippen molar-refractivity contribution in [2.45, 2.75) is 12.5 Å². The standard InChI is InChI=1S/C7H14N2S/c8-2-6-1-7-4-10-5-9(7)3-6/h6-7H,1-5,8H2. The summed E-state index contributed by atoms with van der Waals surface area (Å²) < 4.78 is 0. The van der Waals surface area contributed by atoms with Gasteiger partial charge in [-0.3, -0.25) is 4.90 Å². The van der Waals surface area contributed by atoms with Crippen molar-refractivity contribution in [3.05, 3.63) is 0 Å². The minimum absolute atomic E-state index is 0.797. The van der Waals surface area contributed by atoms with Gasteiger partial charge in [-0.05, 0) is 18.9 Å². The van der Waals surface area contributed by atoms with Gasteiger partial charge in [0.2, 0.25) is 0 Å². The molecule has 2 aliphatic rings. The molecule has 0 spiro atoms. The molecule has 3 heteroatoms. The highest BCUT2D eigenvalue weighted by Crippen LogP contribution is 2.31. The van der Waals surface area contributed by atoms with E-state index in [9.17, 15) is 0 Å². The van der Waals surface area contributed by atoms with Crippen molar-refractivity contribution in [1.29, 1.82) is 0 Å². The summed E-state index contributed by atoms with van der Waals surface area (Å²) in [6.45, 7) is 2.14. The predicted molar refractivity (Wildman–Crippen MR) is 45.0 cm³/mol. The summed E-state index contributed by atoms with van der Waals surface area (Å²) in [4.78, 5) is 2.57. The molecule has 2 fully saturated rings. The second-order valence-electron chi connectivity index (χ2n) is 3.26. The van der Waals surface area contributed by atoms with Gasteiger partial charge in [0.05, 0.1) is 0 Å². The SMILES string of the molecule is NCC1CC2CSCN2C1. The van der Waals surface area contributed by atoms with Gasteiger partial charge in [0.25, 0.3) is 0 Å². The van der Waals surface area contributed by atoms with Crippen LogP contribution in [0.25, 0.3) is 0 Å². The molecular formula is C7H14N2S. The number of hydrogen-bond donors (Lipinski definition) is 1. The monoisotopic (exact) mass is 158 g/mol. The lowest BCUT2D eigenvalue weighted by molar-refractivity contribution is 0.332. The Balaban J connectivity index is 1.94. The molecule has 2 unspecified atom stereocenters. The van der Waals surface area contributed by atoms with E-state index in [-0.39, 0.29) is 0 Å². The molecule has 0 aromatic rings. The van der Waals surface area contributed by atoms with E-state index in [0.717, 1.165) is 18.5 Å². The number of nitrogens with two attached hydrogens (primary N) is 1. The van der Waals surface area contributed by atoms with Crippen LogP contribution in [-0.4, -0.2) is 35.7 Å². The van der Waals surface area contributed by atoms with Crippen molar-refractivity contribution in [1.82, 2.24) is 4.90 Å². The summed E-state index contributed by atoms with van der Waals surface area (Å²) in [6.07, 6.45) is 1.35. The first-order chi connectivity index (χ1) is 4.90. The Labute approximate surface area is 66.1 Å².